The van der Waals surface area contributed by atoms with Gasteiger partial charge in [-0.05, 0) is 46.4 Å². The molecule has 1 aliphatic rings. The van der Waals surface area contributed by atoms with E-state index in [4.69, 9.17) is 0 Å². The van der Waals surface area contributed by atoms with Gasteiger partial charge < -0.3 is 15.7 Å². The van der Waals surface area contributed by atoms with Gasteiger partial charge in [0, 0.05) is 21.5 Å². The molecule has 3 rings (SSSR count). The first-order chi connectivity index (χ1) is 12.6. The lowest BCUT2D eigenvalue weighted by Crippen LogP contribution is -2.72. The molecule has 1 aliphatic heterocycles. The van der Waals surface area contributed by atoms with E-state index >= 15 is 0 Å². The Bertz CT molecular complexity index is 878. The Morgan fingerprint density at radius 2 is 1.93 bits per heavy atom. The molecule has 0 saturated carbocycles. The number of carbonyl (C=O) groups is 2. The summed E-state index contributed by atoms with van der Waals surface area (Å²) in [5.41, 5.74) is -3.57. The highest BCUT2D eigenvalue weighted by Crippen LogP contribution is 2.44. The van der Waals surface area contributed by atoms with Crippen molar-refractivity contribution < 1.29 is 27.9 Å². The number of pyridine rings is 1. The number of Topliss-reactive ketones (excluding diaryl/α,β-unsaturated/α-hetero) is 1. The van der Waals surface area contributed by atoms with E-state index in [1.165, 1.54) is 29.7 Å². The first-order valence-corrected chi connectivity index (χ1v) is 8.79. The van der Waals surface area contributed by atoms with Gasteiger partial charge >= 0.3 is 12.2 Å². The normalized spacial score (nSPS) is 25.4. The standard InChI is InChI=1S/C17H13F3IN3O3/c18-17(19,20)16(27)12(14(25)9-4-3-7-22-8-9)13(23-15(26)24-16)10-5-1-2-6-11(10)21/h1-8,12-13,27H,(H2,23,24,26). The average Bonchev–Trinajstić information content (AvgIpc) is 2.61. The number of carbonyl (C=O) groups excluding carboxylic acids is 2. The number of nitrogens with zero attached hydrogens (tertiary/aromatic N) is 1. The van der Waals surface area contributed by atoms with Gasteiger partial charge in [-0.2, -0.15) is 13.2 Å². The van der Waals surface area contributed by atoms with Crippen molar-refractivity contribution in [3.63, 3.8) is 0 Å². The Kier molecular flexibility index (Phi) is 5.12. The number of urea groups is 1. The third-order valence-corrected chi connectivity index (χ3v) is 5.26. The number of aliphatic hydroxyl groups is 1. The molecule has 1 fully saturated rings. The molecule has 0 spiro atoms. The van der Waals surface area contributed by atoms with Crippen LogP contribution in [0.2, 0.25) is 0 Å². The van der Waals surface area contributed by atoms with Crippen molar-refractivity contribution in [2.45, 2.75) is 17.9 Å². The predicted molar refractivity (Wildman–Crippen MR) is 96.6 cm³/mol. The molecular weight excluding hydrogens is 478 g/mol. The van der Waals surface area contributed by atoms with Gasteiger partial charge in [-0.25, -0.2) is 4.79 Å². The van der Waals surface area contributed by atoms with Gasteiger partial charge in [-0.3, -0.25) is 9.78 Å². The Balaban J connectivity index is 2.19. The van der Waals surface area contributed by atoms with Crippen LogP contribution in [-0.4, -0.2) is 33.8 Å². The van der Waals surface area contributed by atoms with Gasteiger partial charge in [0.25, 0.3) is 0 Å². The predicted octanol–water partition coefficient (Wildman–Crippen LogP) is 2.79. The molecule has 0 radical (unpaired) electrons. The second-order valence-electron chi connectivity index (χ2n) is 5.95. The van der Waals surface area contributed by atoms with Crippen LogP contribution in [0, 0.1) is 9.49 Å². The van der Waals surface area contributed by atoms with Crippen LogP contribution in [0.25, 0.3) is 0 Å². The van der Waals surface area contributed by atoms with Crippen molar-refractivity contribution in [2.75, 3.05) is 0 Å². The summed E-state index contributed by atoms with van der Waals surface area (Å²) >= 11 is 1.89. The van der Waals surface area contributed by atoms with Crippen LogP contribution in [0.15, 0.2) is 48.8 Å². The SMILES string of the molecule is O=C1NC(c2ccccc2I)C(C(=O)c2cccnc2)C(O)(C(F)(F)F)N1. The minimum atomic E-state index is -5.29. The minimum Gasteiger partial charge on any atom is -0.363 e. The van der Waals surface area contributed by atoms with Gasteiger partial charge in [-0.15, -0.1) is 0 Å². The van der Waals surface area contributed by atoms with E-state index in [0.29, 0.717) is 3.57 Å². The van der Waals surface area contributed by atoms with Crippen molar-refractivity contribution in [1.29, 1.82) is 0 Å². The summed E-state index contributed by atoms with van der Waals surface area (Å²) in [5, 5.41) is 14.3. The molecule has 0 aliphatic carbocycles. The van der Waals surface area contributed by atoms with Crippen LogP contribution in [0.5, 0.6) is 0 Å². The first-order valence-electron chi connectivity index (χ1n) is 7.71. The van der Waals surface area contributed by atoms with Gasteiger partial charge in [0.15, 0.2) is 5.78 Å². The largest absolute Gasteiger partial charge is 0.437 e. The van der Waals surface area contributed by atoms with Gasteiger partial charge in [0.05, 0.1) is 6.04 Å². The average molecular weight is 491 g/mol. The fraction of sp³-hybridized carbons (Fsp3) is 0.235. The van der Waals surface area contributed by atoms with E-state index in [0.717, 1.165) is 6.20 Å². The quantitative estimate of drug-likeness (QED) is 0.455. The summed E-state index contributed by atoms with van der Waals surface area (Å²) in [7, 11) is 0. The van der Waals surface area contributed by atoms with Crippen molar-refractivity contribution >= 4 is 34.4 Å². The molecule has 1 aromatic heterocycles. The lowest BCUT2D eigenvalue weighted by molar-refractivity contribution is -0.287. The molecule has 1 aromatic carbocycles. The second-order valence-corrected chi connectivity index (χ2v) is 7.11. The molecule has 6 nitrogen and oxygen atoms in total. The molecule has 3 unspecified atom stereocenters. The maximum absolute atomic E-state index is 13.8. The first kappa shape index (κ1) is 19.5. The number of alkyl halides is 3. The third kappa shape index (κ3) is 3.50. The Labute approximate surface area is 165 Å². The van der Waals surface area contributed by atoms with E-state index < -0.39 is 35.7 Å². The van der Waals surface area contributed by atoms with Crippen LogP contribution < -0.4 is 10.6 Å². The number of ketones is 1. The summed E-state index contributed by atoms with van der Waals surface area (Å²) < 4.78 is 41.8. The third-order valence-electron chi connectivity index (χ3n) is 4.28. The zero-order chi connectivity index (χ0) is 19.8. The number of halogens is 4. The molecular formula is C17H13F3IN3O3. The van der Waals surface area contributed by atoms with E-state index in [-0.39, 0.29) is 11.1 Å². The molecule has 3 N–H and O–H groups in total. The van der Waals surface area contributed by atoms with E-state index in [9.17, 15) is 27.9 Å². The second kappa shape index (κ2) is 7.08. The van der Waals surface area contributed by atoms with Crippen molar-refractivity contribution in [2.24, 2.45) is 5.92 Å². The van der Waals surface area contributed by atoms with Crippen molar-refractivity contribution in [1.82, 2.24) is 15.6 Å². The molecule has 2 amide bonds. The summed E-state index contributed by atoms with van der Waals surface area (Å²) in [6.45, 7) is 0. The molecule has 2 aromatic rings. The highest BCUT2D eigenvalue weighted by atomic mass is 127. The Hall–Kier alpha value is -2.21. The van der Waals surface area contributed by atoms with Gasteiger partial charge in [0.1, 0.15) is 5.92 Å². The number of rotatable bonds is 3. The number of hydrogen-bond donors (Lipinski definition) is 3. The topological polar surface area (TPSA) is 91.3 Å². The lowest BCUT2D eigenvalue weighted by atomic mass is 9.77. The molecule has 27 heavy (non-hydrogen) atoms. The van der Waals surface area contributed by atoms with Crippen LogP contribution in [0.4, 0.5) is 18.0 Å². The molecule has 10 heteroatoms. The zero-order valence-corrected chi connectivity index (χ0v) is 15.7. The Morgan fingerprint density at radius 3 is 2.52 bits per heavy atom. The summed E-state index contributed by atoms with van der Waals surface area (Å²) in [5.74, 6) is -3.06. The lowest BCUT2D eigenvalue weighted by Gasteiger charge is -2.45. The van der Waals surface area contributed by atoms with E-state index in [1.54, 1.807) is 18.2 Å². The van der Waals surface area contributed by atoms with Gasteiger partial charge in [-0.1, -0.05) is 18.2 Å². The van der Waals surface area contributed by atoms with Crippen LogP contribution in [0.3, 0.4) is 0 Å². The zero-order valence-electron chi connectivity index (χ0n) is 13.5. The number of nitrogens with one attached hydrogen (secondary N) is 2. The maximum atomic E-state index is 13.8. The fourth-order valence-electron chi connectivity index (χ4n) is 3.01. The number of benzene rings is 1. The maximum Gasteiger partial charge on any atom is 0.437 e. The van der Waals surface area contributed by atoms with Crippen molar-refractivity contribution in [3.8, 4) is 0 Å². The molecule has 2 heterocycles. The smallest absolute Gasteiger partial charge is 0.363 e. The fourth-order valence-corrected chi connectivity index (χ4v) is 3.74. The Morgan fingerprint density at radius 1 is 1.22 bits per heavy atom. The molecule has 0 bridgehead atoms. The van der Waals surface area contributed by atoms with Gasteiger partial charge in [0.2, 0.25) is 5.72 Å². The van der Waals surface area contributed by atoms with Crippen LogP contribution >= 0.6 is 22.6 Å². The number of aromatic nitrogens is 1. The highest BCUT2D eigenvalue weighted by molar-refractivity contribution is 14.1. The minimum absolute atomic E-state index is 0.112. The number of hydrogen-bond acceptors (Lipinski definition) is 4. The van der Waals surface area contributed by atoms with Crippen molar-refractivity contribution in [3.05, 3.63) is 63.5 Å². The molecule has 142 valence electrons. The van der Waals surface area contributed by atoms with E-state index in [2.05, 4.69) is 10.3 Å². The molecule has 3 atom stereocenters. The highest BCUT2D eigenvalue weighted by Gasteiger charge is 2.66. The summed E-state index contributed by atoms with van der Waals surface area (Å²) in [4.78, 5) is 28.6. The molecule has 1 saturated heterocycles. The van der Waals surface area contributed by atoms with Crippen LogP contribution in [0.1, 0.15) is 22.0 Å². The number of amides is 2. The summed E-state index contributed by atoms with van der Waals surface area (Å²) in [6, 6.07) is 6.44. The van der Waals surface area contributed by atoms with E-state index in [1.807, 2.05) is 22.6 Å². The monoisotopic (exact) mass is 491 g/mol. The summed E-state index contributed by atoms with van der Waals surface area (Å²) in [6.07, 6.45) is -2.81. The van der Waals surface area contributed by atoms with Crippen LogP contribution in [-0.2, 0) is 0 Å².